The van der Waals surface area contributed by atoms with E-state index in [1.807, 2.05) is 13.0 Å². The lowest BCUT2D eigenvalue weighted by molar-refractivity contribution is -0.112. The summed E-state index contributed by atoms with van der Waals surface area (Å²) in [7, 11) is -3.75. The highest BCUT2D eigenvalue weighted by atomic mass is 32.2. The van der Waals surface area contributed by atoms with Crippen LogP contribution in [0.1, 0.15) is 26.2 Å². The Bertz CT molecular complexity index is 949. The minimum Gasteiger partial charge on any atom is -0.322 e. The fraction of sp³-hybridized carbons (Fsp3) is 0.227. The number of anilines is 1. The highest BCUT2D eigenvalue weighted by Gasteiger charge is 2.21. The van der Waals surface area contributed by atoms with Crippen LogP contribution >= 0.6 is 0 Å². The molecule has 0 aliphatic carbocycles. The zero-order chi connectivity index (χ0) is 20.6. The lowest BCUT2D eigenvalue weighted by atomic mass is 10.1. The molecular weight excluding hydrogens is 358 g/mol. The molecule has 0 saturated carbocycles. The SMILES string of the molecule is [2H]/C(CCCC=C)=C(\CS(=O)(=O)c1ccc(C)cc1)C(=O)Nc1ccccc1. The third-order valence-corrected chi connectivity index (χ3v) is 5.60. The summed E-state index contributed by atoms with van der Waals surface area (Å²) >= 11 is 0. The predicted molar refractivity (Wildman–Crippen MR) is 110 cm³/mol. The lowest BCUT2D eigenvalue weighted by Gasteiger charge is -2.11. The van der Waals surface area contributed by atoms with E-state index in [-0.39, 0.29) is 16.5 Å². The van der Waals surface area contributed by atoms with Crippen molar-refractivity contribution in [2.75, 3.05) is 11.1 Å². The molecule has 4 nitrogen and oxygen atoms in total. The molecule has 0 aromatic heterocycles. The first-order valence-electron chi connectivity index (χ1n) is 9.29. The molecule has 2 aromatic rings. The van der Waals surface area contributed by atoms with Crippen LogP contribution < -0.4 is 5.32 Å². The van der Waals surface area contributed by atoms with Crippen molar-refractivity contribution in [3.63, 3.8) is 0 Å². The third-order valence-electron chi connectivity index (χ3n) is 3.94. The molecule has 0 aliphatic heterocycles. The number of carbonyl (C=O) groups is 1. The number of aryl methyl sites for hydroxylation is 1. The number of rotatable bonds is 9. The number of benzene rings is 2. The van der Waals surface area contributed by atoms with Crippen LogP contribution in [0.5, 0.6) is 0 Å². The molecule has 142 valence electrons. The Morgan fingerprint density at radius 2 is 1.78 bits per heavy atom. The van der Waals surface area contributed by atoms with Crippen LogP contribution in [-0.2, 0) is 14.6 Å². The van der Waals surface area contributed by atoms with E-state index in [1.165, 1.54) is 12.1 Å². The number of nitrogens with one attached hydrogen (secondary N) is 1. The van der Waals surface area contributed by atoms with Crippen molar-refractivity contribution >= 4 is 21.4 Å². The van der Waals surface area contributed by atoms with E-state index in [1.54, 1.807) is 42.5 Å². The van der Waals surface area contributed by atoms with E-state index < -0.39 is 21.5 Å². The summed E-state index contributed by atoms with van der Waals surface area (Å²) in [5, 5.41) is 2.70. The van der Waals surface area contributed by atoms with Gasteiger partial charge in [-0.3, -0.25) is 4.79 Å². The van der Waals surface area contributed by atoms with Crippen LogP contribution in [0, 0.1) is 6.92 Å². The summed E-state index contributed by atoms with van der Waals surface area (Å²) in [5.74, 6) is -1.08. The van der Waals surface area contributed by atoms with Crippen LogP contribution in [0.3, 0.4) is 0 Å². The maximum Gasteiger partial charge on any atom is 0.252 e. The molecule has 5 heteroatoms. The number of unbranched alkanes of at least 4 members (excludes halogenated alkanes) is 1. The molecule has 0 spiro atoms. The van der Waals surface area contributed by atoms with Gasteiger partial charge < -0.3 is 5.32 Å². The van der Waals surface area contributed by atoms with Gasteiger partial charge in [-0.2, -0.15) is 0 Å². The molecule has 1 N–H and O–H groups in total. The van der Waals surface area contributed by atoms with Gasteiger partial charge in [-0.25, -0.2) is 8.42 Å². The van der Waals surface area contributed by atoms with Crippen molar-refractivity contribution < 1.29 is 14.6 Å². The van der Waals surface area contributed by atoms with Gasteiger partial charge >= 0.3 is 0 Å². The smallest absolute Gasteiger partial charge is 0.252 e. The molecule has 1 amide bonds. The van der Waals surface area contributed by atoms with Crippen molar-refractivity contribution in [2.24, 2.45) is 0 Å². The van der Waals surface area contributed by atoms with Gasteiger partial charge in [-0.05, 0) is 50.5 Å². The van der Waals surface area contributed by atoms with Gasteiger partial charge in [0.2, 0.25) is 0 Å². The summed E-state index contributed by atoms with van der Waals surface area (Å²) in [4.78, 5) is 12.9. The Balaban J connectivity index is 2.31. The molecule has 0 radical (unpaired) electrons. The van der Waals surface area contributed by atoms with E-state index in [9.17, 15) is 13.2 Å². The van der Waals surface area contributed by atoms with Gasteiger partial charge in [0, 0.05) is 11.3 Å². The largest absolute Gasteiger partial charge is 0.322 e. The van der Waals surface area contributed by atoms with Gasteiger partial charge in [0.05, 0.1) is 12.0 Å². The van der Waals surface area contributed by atoms with E-state index in [2.05, 4.69) is 11.9 Å². The van der Waals surface area contributed by atoms with Crippen molar-refractivity contribution in [1.29, 1.82) is 0 Å². The van der Waals surface area contributed by atoms with Crippen molar-refractivity contribution in [2.45, 2.75) is 31.1 Å². The van der Waals surface area contributed by atoms with E-state index in [0.717, 1.165) is 5.56 Å². The average Bonchev–Trinajstić information content (AvgIpc) is 2.67. The fourth-order valence-corrected chi connectivity index (χ4v) is 3.76. The van der Waals surface area contributed by atoms with Gasteiger partial charge in [0.1, 0.15) is 0 Å². The molecule has 0 bridgehead atoms. The lowest BCUT2D eigenvalue weighted by Crippen LogP contribution is -2.21. The van der Waals surface area contributed by atoms with E-state index >= 15 is 0 Å². The number of sulfone groups is 1. The Hall–Kier alpha value is -2.66. The summed E-state index contributed by atoms with van der Waals surface area (Å²) in [6.45, 7) is 5.52. The molecule has 0 atom stereocenters. The topological polar surface area (TPSA) is 63.2 Å². The number of carbonyl (C=O) groups excluding carboxylic acids is 1. The predicted octanol–water partition coefficient (Wildman–Crippen LogP) is 4.69. The Morgan fingerprint density at radius 3 is 2.41 bits per heavy atom. The van der Waals surface area contributed by atoms with E-state index in [4.69, 9.17) is 1.37 Å². The number of allylic oxidation sites excluding steroid dienone is 2. The first kappa shape index (κ1) is 19.1. The first-order chi connectivity index (χ1) is 13.3. The molecule has 0 saturated heterocycles. The third kappa shape index (κ3) is 6.53. The molecule has 27 heavy (non-hydrogen) atoms. The summed E-state index contributed by atoms with van der Waals surface area (Å²) in [6.07, 6.45) is 3.38. The van der Waals surface area contributed by atoms with Crippen molar-refractivity contribution in [3.8, 4) is 0 Å². The molecule has 2 aromatic carbocycles. The monoisotopic (exact) mass is 384 g/mol. The van der Waals surface area contributed by atoms with Gasteiger partial charge in [-0.15, -0.1) is 6.58 Å². The molecular formula is C22H25NO3S. The Labute approximate surface area is 163 Å². The van der Waals surface area contributed by atoms with Crippen molar-refractivity contribution in [3.05, 3.63) is 84.4 Å². The molecule has 0 fully saturated rings. The number of hydrogen-bond acceptors (Lipinski definition) is 3. The Morgan fingerprint density at radius 1 is 1.11 bits per heavy atom. The Kier molecular flexibility index (Phi) is 6.99. The normalized spacial score (nSPS) is 12.7. The first-order valence-corrected chi connectivity index (χ1v) is 10.4. The minimum absolute atomic E-state index is 0.0333. The molecule has 0 heterocycles. The van der Waals surface area contributed by atoms with Crippen molar-refractivity contribution in [1.82, 2.24) is 0 Å². The van der Waals surface area contributed by atoms with Crippen LogP contribution in [-0.4, -0.2) is 20.1 Å². The average molecular weight is 385 g/mol. The summed E-state index contributed by atoms with van der Waals surface area (Å²) in [5.41, 5.74) is 1.47. The zero-order valence-electron chi connectivity index (χ0n) is 16.4. The minimum atomic E-state index is -3.75. The van der Waals surface area contributed by atoms with Crippen LogP contribution in [0.2, 0.25) is 0 Å². The van der Waals surface area contributed by atoms with Gasteiger partial charge in [0.25, 0.3) is 5.91 Å². The number of para-hydroxylation sites is 1. The second-order valence-electron chi connectivity index (χ2n) is 6.23. The highest BCUT2D eigenvalue weighted by Crippen LogP contribution is 2.17. The molecule has 2 rings (SSSR count). The van der Waals surface area contributed by atoms with Crippen LogP contribution in [0.25, 0.3) is 0 Å². The van der Waals surface area contributed by atoms with E-state index in [0.29, 0.717) is 24.9 Å². The van der Waals surface area contributed by atoms with Crippen LogP contribution in [0.15, 0.2) is 83.8 Å². The highest BCUT2D eigenvalue weighted by molar-refractivity contribution is 7.91. The number of hydrogen-bond donors (Lipinski definition) is 1. The zero-order valence-corrected chi connectivity index (χ0v) is 16.3. The number of amides is 1. The van der Waals surface area contributed by atoms with Gasteiger partial charge in [-0.1, -0.05) is 48.0 Å². The quantitative estimate of drug-likeness (QED) is 0.387. The standard InChI is InChI=1S/C22H25NO3S/c1-3-4-5-7-10-19(22(24)23-20-11-8-6-9-12-20)17-27(25,26)21-15-13-18(2)14-16-21/h3,6,8-16H,1,4-5,7,17H2,2H3,(H,23,24)/b19-10-/i10D. The second kappa shape index (κ2) is 9.88. The maximum atomic E-state index is 12.8. The maximum absolute atomic E-state index is 12.8. The summed E-state index contributed by atoms with van der Waals surface area (Å²) in [6, 6.07) is 15.3. The fourth-order valence-electron chi connectivity index (χ4n) is 2.43. The molecule has 0 unspecified atom stereocenters. The summed E-state index contributed by atoms with van der Waals surface area (Å²) < 4.78 is 34.0. The van der Waals surface area contributed by atoms with Gasteiger partial charge in [0.15, 0.2) is 9.84 Å². The van der Waals surface area contributed by atoms with Crippen LogP contribution in [0.4, 0.5) is 5.69 Å². The molecule has 0 aliphatic rings. The second-order valence-corrected chi connectivity index (χ2v) is 8.22.